The third kappa shape index (κ3) is 5.62. The second kappa shape index (κ2) is 13.4. The lowest BCUT2D eigenvalue weighted by molar-refractivity contribution is 0.670. The summed E-state index contributed by atoms with van der Waals surface area (Å²) in [4.78, 5) is 1.41. The summed E-state index contributed by atoms with van der Waals surface area (Å²) in [5.74, 6) is 0. The predicted octanol–water partition coefficient (Wildman–Crippen LogP) is 14.9. The minimum atomic E-state index is -0.474. The van der Waals surface area contributed by atoms with Crippen LogP contribution in [0.25, 0.3) is 77.2 Å². The van der Waals surface area contributed by atoms with Gasteiger partial charge in [0.15, 0.2) is 0 Å². The molecule has 254 valence electrons. The van der Waals surface area contributed by atoms with Gasteiger partial charge in [-0.15, -0.1) is 0 Å². The van der Waals surface area contributed by atoms with Crippen molar-refractivity contribution in [1.82, 2.24) is 0 Å². The highest BCUT2D eigenvalue weighted by atomic mass is 16.3. The van der Waals surface area contributed by atoms with Crippen LogP contribution in [0.1, 0.15) is 11.0 Å². The van der Waals surface area contributed by atoms with E-state index >= 15 is 0 Å². The SMILES string of the molecule is [2H]c1c([2H])c(-c2cccc3ccccc23)c([2H])c(N(c2ccccc2-c2cccc3c2oc2ccccc23)c2c([2H])c([2H])c(-c3ccc(-c4ccccc4)cc3)c([2H])c2[2H])c1[2H]. The van der Waals surface area contributed by atoms with Crippen LogP contribution in [0.5, 0.6) is 0 Å². The maximum absolute atomic E-state index is 9.96. The molecule has 0 spiro atoms. The highest BCUT2D eigenvalue weighted by molar-refractivity contribution is 6.11. The van der Waals surface area contributed by atoms with E-state index in [9.17, 15) is 11.0 Å². The fourth-order valence-corrected chi connectivity index (χ4v) is 7.25. The van der Waals surface area contributed by atoms with Crippen molar-refractivity contribution in [3.8, 4) is 44.5 Å². The number of anilines is 3. The Morgan fingerprint density at radius 1 is 0.389 bits per heavy atom. The van der Waals surface area contributed by atoms with E-state index in [2.05, 4.69) is 0 Å². The van der Waals surface area contributed by atoms with Gasteiger partial charge < -0.3 is 9.32 Å². The van der Waals surface area contributed by atoms with Crippen molar-refractivity contribution >= 4 is 49.8 Å². The zero-order valence-electron chi connectivity index (χ0n) is 36.9. The van der Waals surface area contributed by atoms with Gasteiger partial charge in [-0.1, -0.05) is 176 Å². The van der Waals surface area contributed by atoms with Gasteiger partial charge in [-0.2, -0.15) is 0 Å². The Labute approximate surface area is 326 Å². The van der Waals surface area contributed by atoms with Crippen LogP contribution >= 0.6 is 0 Å². The van der Waals surface area contributed by atoms with Crippen molar-refractivity contribution in [2.75, 3.05) is 4.90 Å². The summed E-state index contributed by atoms with van der Waals surface area (Å²) in [7, 11) is 0. The Bertz CT molecular complexity index is 3370. The summed E-state index contributed by atoms with van der Waals surface area (Å²) in [6.45, 7) is 0. The highest BCUT2D eigenvalue weighted by Crippen LogP contribution is 2.45. The molecule has 0 bridgehead atoms. The van der Waals surface area contributed by atoms with Crippen LogP contribution in [0, 0.1) is 0 Å². The molecule has 2 nitrogen and oxygen atoms in total. The monoisotopic (exact) mass is 697 g/mol. The summed E-state index contributed by atoms with van der Waals surface area (Å²) in [6, 6.07) is 48.0. The van der Waals surface area contributed by atoms with E-state index in [1.54, 1.807) is 30.3 Å². The first-order chi connectivity index (χ1) is 30.1. The maximum atomic E-state index is 9.96. The molecule has 0 atom stereocenters. The summed E-state index contributed by atoms with van der Waals surface area (Å²) in [5.41, 5.74) is 5.54. The maximum Gasteiger partial charge on any atom is 0.143 e. The summed E-state index contributed by atoms with van der Waals surface area (Å²) in [5, 5.41) is 3.38. The molecule has 0 aliphatic heterocycles. The minimum Gasteiger partial charge on any atom is -0.455 e. The Balaban J connectivity index is 1.27. The zero-order valence-corrected chi connectivity index (χ0v) is 28.9. The Kier molecular flexibility index (Phi) is 6.01. The van der Waals surface area contributed by atoms with Crippen molar-refractivity contribution in [1.29, 1.82) is 0 Å². The number of hydrogen-bond acceptors (Lipinski definition) is 2. The second-order valence-electron chi connectivity index (χ2n) is 13.1. The first kappa shape index (κ1) is 24.2. The van der Waals surface area contributed by atoms with Crippen LogP contribution in [0.2, 0.25) is 0 Å². The molecule has 10 rings (SSSR count). The average Bonchev–Trinajstić information content (AvgIpc) is 3.70. The lowest BCUT2D eigenvalue weighted by Gasteiger charge is -2.28. The molecule has 9 aromatic carbocycles. The van der Waals surface area contributed by atoms with E-state index in [1.165, 1.54) is 4.90 Å². The number of para-hydroxylation sites is 3. The van der Waals surface area contributed by atoms with Crippen molar-refractivity contribution in [3.05, 3.63) is 212 Å². The van der Waals surface area contributed by atoms with Crippen LogP contribution < -0.4 is 4.90 Å². The van der Waals surface area contributed by atoms with E-state index < -0.39 is 24.2 Å². The number of rotatable bonds is 7. The van der Waals surface area contributed by atoms with Gasteiger partial charge in [0, 0.05) is 33.3 Å². The molecule has 0 aliphatic carbocycles. The third-order valence-corrected chi connectivity index (χ3v) is 9.85. The van der Waals surface area contributed by atoms with Crippen LogP contribution in [-0.4, -0.2) is 0 Å². The molecule has 1 aromatic heterocycles. The topological polar surface area (TPSA) is 16.4 Å². The first-order valence-corrected chi connectivity index (χ1v) is 17.8. The van der Waals surface area contributed by atoms with Crippen LogP contribution in [0.4, 0.5) is 17.1 Å². The van der Waals surface area contributed by atoms with Gasteiger partial charge in [0.25, 0.3) is 0 Å². The van der Waals surface area contributed by atoms with Gasteiger partial charge in [0.2, 0.25) is 0 Å². The minimum absolute atomic E-state index is 0.0972. The lowest BCUT2D eigenvalue weighted by atomic mass is 9.96. The van der Waals surface area contributed by atoms with Gasteiger partial charge in [0.05, 0.1) is 16.7 Å². The summed E-state index contributed by atoms with van der Waals surface area (Å²) < 4.78 is 82.8. The molecular weight excluding hydrogens is 655 g/mol. The summed E-state index contributed by atoms with van der Waals surface area (Å²) >= 11 is 0. The average molecular weight is 698 g/mol. The van der Waals surface area contributed by atoms with Crippen LogP contribution in [0.15, 0.2) is 217 Å². The lowest BCUT2D eigenvalue weighted by Crippen LogP contribution is -2.11. The van der Waals surface area contributed by atoms with Gasteiger partial charge in [-0.25, -0.2) is 0 Å². The van der Waals surface area contributed by atoms with Crippen LogP contribution in [-0.2, 0) is 0 Å². The molecule has 10 aromatic rings. The largest absolute Gasteiger partial charge is 0.455 e. The van der Waals surface area contributed by atoms with Gasteiger partial charge in [-0.05, 0) is 80.5 Å². The van der Waals surface area contributed by atoms with E-state index in [-0.39, 0.29) is 46.7 Å². The van der Waals surface area contributed by atoms with Gasteiger partial charge in [0.1, 0.15) is 11.2 Å². The zero-order chi connectivity index (χ0) is 42.8. The van der Waals surface area contributed by atoms with Crippen molar-refractivity contribution in [3.63, 3.8) is 0 Å². The molecular formula is C52H35NO. The molecule has 1 heterocycles. The van der Waals surface area contributed by atoms with Gasteiger partial charge >= 0.3 is 0 Å². The standard InChI is InChI=1S/C52H35NO/c1-2-13-36(14-3-1)37-27-29-38(30-28-37)39-31-33-42(34-32-39)53(43-18-10-17-41(35-43)45-22-11-16-40-15-4-5-19-44(40)45)50-25-8-6-20-46(50)48-23-12-24-49-47-21-7-9-26-51(47)54-52(48)49/h1-35H/i10D,17D,18D,31D,32D,33D,34D,35D. The Hall–Kier alpha value is -7.16. The fraction of sp³-hybridized carbons (Fsp3) is 0. The quantitative estimate of drug-likeness (QED) is 0.165. The molecule has 0 aliphatic rings. The molecule has 0 unspecified atom stereocenters. The van der Waals surface area contributed by atoms with E-state index in [0.29, 0.717) is 39.1 Å². The molecule has 0 saturated carbocycles. The first-order valence-electron chi connectivity index (χ1n) is 21.8. The molecule has 0 saturated heterocycles. The van der Waals surface area contributed by atoms with E-state index in [1.807, 2.05) is 133 Å². The molecule has 0 radical (unpaired) electrons. The third-order valence-electron chi connectivity index (χ3n) is 9.85. The van der Waals surface area contributed by atoms with E-state index in [4.69, 9.17) is 4.42 Å². The Morgan fingerprint density at radius 2 is 1.00 bits per heavy atom. The second-order valence-corrected chi connectivity index (χ2v) is 13.1. The highest BCUT2D eigenvalue weighted by Gasteiger charge is 2.21. The number of nitrogens with zero attached hydrogens (tertiary/aromatic N) is 1. The van der Waals surface area contributed by atoms with Crippen molar-refractivity contribution < 1.29 is 15.4 Å². The van der Waals surface area contributed by atoms with E-state index in [0.717, 1.165) is 32.7 Å². The molecule has 2 heteroatoms. The molecule has 0 N–H and O–H groups in total. The number of fused-ring (bicyclic) bond motifs is 4. The van der Waals surface area contributed by atoms with Crippen molar-refractivity contribution in [2.24, 2.45) is 0 Å². The Morgan fingerprint density at radius 3 is 1.85 bits per heavy atom. The van der Waals surface area contributed by atoms with Gasteiger partial charge in [-0.3, -0.25) is 0 Å². The summed E-state index contributed by atoms with van der Waals surface area (Å²) in [6.07, 6.45) is 0. The number of furan rings is 1. The predicted molar refractivity (Wildman–Crippen MR) is 228 cm³/mol. The normalized spacial score (nSPS) is 13.4. The molecule has 54 heavy (non-hydrogen) atoms. The molecule has 0 fully saturated rings. The van der Waals surface area contributed by atoms with Crippen molar-refractivity contribution in [2.45, 2.75) is 0 Å². The number of benzene rings is 9. The number of hydrogen-bond donors (Lipinski definition) is 0. The fourth-order valence-electron chi connectivity index (χ4n) is 7.25. The smallest absolute Gasteiger partial charge is 0.143 e. The van der Waals surface area contributed by atoms with Crippen LogP contribution in [0.3, 0.4) is 0 Å². The molecule has 0 amide bonds.